The topological polar surface area (TPSA) is 79.0 Å². The number of amides is 1. The molecule has 0 bridgehead atoms. The van der Waals surface area contributed by atoms with Crippen LogP contribution in [-0.2, 0) is 19.7 Å². The molecule has 0 aliphatic carbocycles. The van der Waals surface area contributed by atoms with Crippen molar-refractivity contribution in [2.45, 2.75) is 30.6 Å². The van der Waals surface area contributed by atoms with Gasteiger partial charge in [-0.25, -0.2) is 8.42 Å². The first kappa shape index (κ1) is 17.3. The molecule has 1 amide bonds. The lowest BCUT2D eigenvalue weighted by molar-refractivity contribution is -0.117. The van der Waals surface area contributed by atoms with Gasteiger partial charge in [0.05, 0.1) is 11.5 Å². The maximum atomic E-state index is 12.2. The number of nitrogens with one attached hydrogen (secondary N) is 1. The molecule has 2 fully saturated rings. The number of carbonyl (C=O) groups is 1. The quantitative estimate of drug-likeness (QED) is 0.587. The molecule has 0 saturated carbocycles. The van der Waals surface area contributed by atoms with E-state index < -0.39 is 10.0 Å². The fraction of sp³-hybridized carbons (Fsp3) is 0.562. The van der Waals surface area contributed by atoms with Crippen molar-refractivity contribution in [1.29, 1.82) is 0 Å². The number of benzene rings is 1. The number of nitrogens with zero attached hydrogens (tertiary/aromatic N) is 2. The highest BCUT2D eigenvalue weighted by Crippen LogP contribution is 2.22. The Bertz CT molecular complexity index is 669. The normalized spacial score (nSPS) is 19.3. The highest BCUT2D eigenvalue weighted by molar-refractivity contribution is 7.89. The van der Waals surface area contributed by atoms with Crippen LogP contribution < -0.4 is 9.79 Å². The van der Waals surface area contributed by atoms with Crippen LogP contribution >= 0.6 is 0 Å². The summed E-state index contributed by atoms with van der Waals surface area (Å²) in [5, 5.41) is 0. The Balaban J connectivity index is 1.53. The molecule has 2 heterocycles. The van der Waals surface area contributed by atoms with E-state index in [1.54, 1.807) is 17.0 Å². The predicted molar refractivity (Wildman–Crippen MR) is 90.0 cm³/mol. The summed E-state index contributed by atoms with van der Waals surface area (Å²) < 4.78 is 24.4. The number of rotatable bonds is 7. The predicted octanol–water partition coefficient (Wildman–Crippen LogP) is 1.12. The molecule has 132 valence electrons. The summed E-state index contributed by atoms with van der Waals surface area (Å²) in [4.78, 5) is 23.0. The van der Waals surface area contributed by atoms with Crippen molar-refractivity contribution in [3.8, 4) is 0 Å². The van der Waals surface area contributed by atoms with E-state index in [1.807, 2.05) is 0 Å². The number of likely N-dealkylation sites (tertiary alicyclic amines) is 1. The summed E-state index contributed by atoms with van der Waals surface area (Å²) in [6, 6.07) is 6.30. The van der Waals surface area contributed by atoms with E-state index in [1.165, 1.54) is 25.0 Å². The van der Waals surface area contributed by atoms with E-state index in [4.69, 9.17) is 4.84 Å². The van der Waals surface area contributed by atoms with Gasteiger partial charge in [0, 0.05) is 25.2 Å². The second-order valence-electron chi connectivity index (χ2n) is 6.13. The Hall–Kier alpha value is -1.48. The van der Waals surface area contributed by atoms with Crippen molar-refractivity contribution in [2.24, 2.45) is 0 Å². The maximum Gasteiger partial charge on any atom is 0.262 e. The van der Waals surface area contributed by atoms with Gasteiger partial charge in [0.1, 0.15) is 0 Å². The Morgan fingerprint density at radius 3 is 2.38 bits per heavy atom. The molecule has 3 rings (SSSR count). The van der Waals surface area contributed by atoms with Crippen LogP contribution in [0.1, 0.15) is 25.7 Å². The minimum absolute atomic E-state index is 0.0778. The molecule has 0 radical (unpaired) electrons. The van der Waals surface area contributed by atoms with Gasteiger partial charge in [-0.05, 0) is 56.6 Å². The fourth-order valence-corrected chi connectivity index (χ4v) is 3.90. The van der Waals surface area contributed by atoms with Crippen LogP contribution in [0.3, 0.4) is 0 Å². The number of hydrogen-bond acceptors (Lipinski definition) is 5. The van der Waals surface area contributed by atoms with Gasteiger partial charge in [-0.3, -0.25) is 9.63 Å². The second kappa shape index (κ2) is 7.60. The third kappa shape index (κ3) is 4.13. The van der Waals surface area contributed by atoms with E-state index in [9.17, 15) is 13.2 Å². The molecule has 2 aliphatic heterocycles. The lowest BCUT2D eigenvalue weighted by Crippen LogP contribution is -2.30. The number of anilines is 1. The molecule has 0 spiro atoms. The summed E-state index contributed by atoms with van der Waals surface area (Å²) in [5.74, 6) is 0.0778. The largest absolute Gasteiger partial charge is 0.312 e. The van der Waals surface area contributed by atoms with Gasteiger partial charge in [0.15, 0.2) is 0 Å². The zero-order valence-corrected chi connectivity index (χ0v) is 14.4. The van der Waals surface area contributed by atoms with E-state index in [2.05, 4.69) is 9.79 Å². The summed E-state index contributed by atoms with van der Waals surface area (Å²) >= 11 is 0. The molecule has 2 aliphatic rings. The van der Waals surface area contributed by atoms with E-state index in [0.717, 1.165) is 31.7 Å². The molecule has 0 aromatic heterocycles. The molecule has 1 N–H and O–H groups in total. The van der Waals surface area contributed by atoms with Crippen LogP contribution in [0.4, 0.5) is 5.69 Å². The van der Waals surface area contributed by atoms with Crippen LogP contribution in [0, 0.1) is 0 Å². The standard InChI is InChI=1S/C16H23N3O4S/c20-16-4-3-11-19(16)14-5-7-15(8-6-14)24(21,22)17-23-13-12-18-9-1-2-10-18/h5-8,17H,1-4,9-13H2. The molecule has 7 nitrogen and oxygen atoms in total. The Morgan fingerprint density at radius 2 is 1.75 bits per heavy atom. The molecule has 0 atom stereocenters. The van der Waals surface area contributed by atoms with Crippen LogP contribution in [0.2, 0.25) is 0 Å². The minimum atomic E-state index is -3.70. The van der Waals surface area contributed by atoms with E-state index >= 15 is 0 Å². The Morgan fingerprint density at radius 1 is 1.04 bits per heavy atom. The highest BCUT2D eigenvalue weighted by atomic mass is 32.2. The zero-order valence-electron chi connectivity index (χ0n) is 13.6. The monoisotopic (exact) mass is 353 g/mol. The molecule has 0 unspecified atom stereocenters. The summed E-state index contributed by atoms with van der Waals surface area (Å²) in [5.41, 5.74) is 0.728. The van der Waals surface area contributed by atoms with Gasteiger partial charge in [-0.1, -0.05) is 4.89 Å². The molecular weight excluding hydrogens is 330 g/mol. The van der Waals surface area contributed by atoms with E-state index in [0.29, 0.717) is 19.6 Å². The molecule has 1 aromatic carbocycles. The van der Waals surface area contributed by atoms with Crippen molar-refractivity contribution < 1.29 is 18.0 Å². The number of carbonyl (C=O) groups excluding carboxylic acids is 1. The van der Waals surface area contributed by atoms with Crippen molar-refractivity contribution in [2.75, 3.05) is 37.7 Å². The Labute approximate surface area is 142 Å². The second-order valence-corrected chi connectivity index (χ2v) is 7.77. The SMILES string of the molecule is O=C1CCCN1c1ccc(S(=O)(=O)NOCCN2CCCC2)cc1. The van der Waals surface area contributed by atoms with Gasteiger partial charge in [0.2, 0.25) is 5.91 Å². The number of hydrogen-bond donors (Lipinski definition) is 1. The van der Waals surface area contributed by atoms with Crippen molar-refractivity contribution in [3.05, 3.63) is 24.3 Å². The van der Waals surface area contributed by atoms with Gasteiger partial charge >= 0.3 is 0 Å². The molecule has 1 aromatic rings. The van der Waals surface area contributed by atoms with Crippen molar-refractivity contribution >= 4 is 21.6 Å². The van der Waals surface area contributed by atoms with Crippen molar-refractivity contribution in [1.82, 2.24) is 9.79 Å². The van der Waals surface area contributed by atoms with Crippen molar-refractivity contribution in [3.63, 3.8) is 0 Å². The first-order valence-corrected chi connectivity index (χ1v) is 9.81. The molecular formula is C16H23N3O4S. The van der Waals surface area contributed by atoms with Crippen LogP contribution in [0.15, 0.2) is 29.2 Å². The van der Waals surface area contributed by atoms with Crippen LogP contribution in [0.25, 0.3) is 0 Å². The van der Waals surface area contributed by atoms with Crippen LogP contribution in [-0.4, -0.2) is 52.0 Å². The lowest BCUT2D eigenvalue weighted by Gasteiger charge is -2.16. The van der Waals surface area contributed by atoms with Gasteiger partial charge in [-0.15, -0.1) is 0 Å². The van der Waals surface area contributed by atoms with Gasteiger partial charge < -0.3 is 9.80 Å². The smallest absolute Gasteiger partial charge is 0.262 e. The molecule has 8 heteroatoms. The maximum absolute atomic E-state index is 12.2. The highest BCUT2D eigenvalue weighted by Gasteiger charge is 2.22. The summed E-state index contributed by atoms with van der Waals surface area (Å²) in [6.45, 7) is 3.82. The Kier molecular flexibility index (Phi) is 5.50. The average Bonchev–Trinajstić information content (AvgIpc) is 3.23. The minimum Gasteiger partial charge on any atom is -0.312 e. The average molecular weight is 353 g/mol. The van der Waals surface area contributed by atoms with Gasteiger partial charge in [-0.2, -0.15) is 0 Å². The zero-order chi connectivity index (χ0) is 17.0. The first-order chi connectivity index (χ1) is 11.6. The first-order valence-electron chi connectivity index (χ1n) is 8.33. The third-order valence-corrected chi connectivity index (χ3v) is 5.64. The summed E-state index contributed by atoms with van der Waals surface area (Å²) in [7, 11) is -3.70. The van der Waals surface area contributed by atoms with Crippen LogP contribution in [0.5, 0.6) is 0 Å². The lowest BCUT2D eigenvalue weighted by atomic mass is 10.3. The number of sulfonamides is 1. The van der Waals surface area contributed by atoms with E-state index in [-0.39, 0.29) is 10.8 Å². The van der Waals surface area contributed by atoms with Gasteiger partial charge in [0.25, 0.3) is 10.0 Å². The fourth-order valence-electron chi connectivity index (χ4n) is 3.07. The summed E-state index contributed by atoms with van der Waals surface area (Å²) in [6.07, 6.45) is 3.77. The third-order valence-electron chi connectivity index (χ3n) is 4.41. The molecule has 2 saturated heterocycles. The molecule has 24 heavy (non-hydrogen) atoms.